The second-order valence-electron chi connectivity index (χ2n) is 6.89. The molecule has 0 spiro atoms. The predicted molar refractivity (Wildman–Crippen MR) is 94.7 cm³/mol. The molecule has 0 bridgehead atoms. The van der Waals surface area contributed by atoms with Crippen molar-refractivity contribution in [1.82, 2.24) is 9.97 Å². The number of benzene rings is 1. The molecule has 2 aromatic heterocycles. The summed E-state index contributed by atoms with van der Waals surface area (Å²) in [4.78, 5) is 7.65. The zero-order chi connectivity index (χ0) is 17.6. The van der Waals surface area contributed by atoms with Gasteiger partial charge in [0, 0.05) is 23.1 Å². The SMILES string of the molecule is CC1C[C@H](O)CCC1Nc1ncc(C#N)c2[nH]c3ccc(F)cc3c12. The van der Waals surface area contributed by atoms with Crippen molar-refractivity contribution in [2.45, 2.75) is 38.3 Å². The van der Waals surface area contributed by atoms with E-state index in [1.807, 2.05) is 0 Å². The van der Waals surface area contributed by atoms with E-state index in [0.29, 0.717) is 28.2 Å². The number of nitrogens with one attached hydrogen (secondary N) is 2. The lowest BCUT2D eigenvalue weighted by Crippen LogP contribution is -2.35. The highest BCUT2D eigenvalue weighted by molar-refractivity contribution is 6.13. The molecule has 3 aromatic rings. The molecule has 0 saturated heterocycles. The number of hydrogen-bond acceptors (Lipinski definition) is 4. The van der Waals surface area contributed by atoms with Crippen LogP contribution in [-0.2, 0) is 0 Å². The fraction of sp³-hybridized carbons (Fsp3) is 0.368. The molecule has 3 N–H and O–H groups in total. The fourth-order valence-electron chi connectivity index (χ4n) is 3.82. The van der Waals surface area contributed by atoms with Gasteiger partial charge in [-0.05, 0) is 43.4 Å². The van der Waals surface area contributed by atoms with Crippen LogP contribution in [0.2, 0.25) is 0 Å². The Kier molecular flexibility index (Phi) is 3.81. The van der Waals surface area contributed by atoms with Gasteiger partial charge in [-0.1, -0.05) is 6.92 Å². The standard InChI is InChI=1S/C19H19FN4O/c1-10-6-13(25)3-5-15(10)24-19-17-14-7-12(20)2-4-16(14)23-18(17)11(8-21)9-22-19/h2,4,7,9-10,13,15,23,25H,3,5-6H2,1H3,(H,22,24)/t10?,13-,15?/m1/s1. The van der Waals surface area contributed by atoms with Crippen molar-refractivity contribution in [2.75, 3.05) is 5.32 Å². The molecule has 1 aliphatic rings. The summed E-state index contributed by atoms with van der Waals surface area (Å²) in [5, 5.41) is 24.1. The molecular formula is C19H19FN4O. The summed E-state index contributed by atoms with van der Waals surface area (Å²) >= 11 is 0. The van der Waals surface area contributed by atoms with Gasteiger partial charge >= 0.3 is 0 Å². The molecule has 1 aliphatic carbocycles. The summed E-state index contributed by atoms with van der Waals surface area (Å²) in [6.45, 7) is 2.11. The Balaban J connectivity index is 1.85. The number of H-pyrrole nitrogens is 1. The van der Waals surface area contributed by atoms with E-state index in [-0.39, 0.29) is 18.0 Å². The van der Waals surface area contributed by atoms with E-state index >= 15 is 0 Å². The first-order valence-corrected chi connectivity index (χ1v) is 8.51. The average molecular weight is 338 g/mol. The number of nitriles is 1. The van der Waals surface area contributed by atoms with Crippen LogP contribution in [0.4, 0.5) is 10.2 Å². The molecule has 1 aromatic carbocycles. The number of rotatable bonds is 2. The van der Waals surface area contributed by atoms with Crippen molar-refractivity contribution >= 4 is 27.6 Å². The molecule has 0 amide bonds. The Morgan fingerprint density at radius 1 is 1.40 bits per heavy atom. The molecule has 3 atom stereocenters. The zero-order valence-corrected chi connectivity index (χ0v) is 13.9. The fourth-order valence-corrected chi connectivity index (χ4v) is 3.82. The lowest BCUT2D eigenvalue weighted by molar-refractivity contribution is 0.0999. The quantitative estimate of drug-likeness (QED) is 0.665. The van der Waals surface area contributed by atoms with Crippen LogP contribution in [0.25, 0.3) is 21.8 Å². The van der Waals surface area contributed by atoms with E-state index in [0.717, 1.165) is 30.2 Å². The number of pyridine rings is 1. The highest BCUT2D eigenvalue weighted by Gasteiger charge is 2.27. The highest BCUT2D eigenvalue weighted by atomic mass is 19.1. The summed E-state index contributed by atoms with van der Waals surface area (Å²) in [6.07, 6.45) is 3.65. The van der Waals surface area contributed by atoms with Gasteiger partial charge < -0.3 is 15.4 Å². The lowest BCUT2D eigenvalue weighted by atomic mass is 9.84. The largest absolute Gasteiger partial charge is 0.393 e. The summed E-state index contributed by atoms with van der Waals surface area (Å²) in [7, 11) is 0. The topological polar surface area (TPSA) is 84.7 Å². The Hall–Kier alpha value is -2.65. The third kappa shape index (κ3) is 2.71. The van der Waals surface area contributed by atoms with Crippen LogP contribution in [0.15, 0.2) is 24.4 Å². The van der Waals surface area contributed by atoms with Gasteiger partial charge in [0.05, 0.1) is 22.6 Å². The van der Waals surface area contributed by atoms with E-state index in [1.165, 1.54) is 12.1 Å². The number of aliphatic hydroxyl groups excluding tert-OH is 1. The van der Waals surface area contributed by atoms with E-state index in [2.05, 4.69) is 28.3 Å². The lowest BCUT2D eigenvalue weighted by Gasteiger charge is -2.32. The van der Waals surface area contributed by atoms with Crippen LogP contribution in [0, 0.1) is 23.1 Å². The Bertz CT molecular complexity index is 990. The molecule has 2 unspecified atom stereocenters. The summed E-state index contributed by atoms with van der Waals surface area (Å²) in [6, 6.07) is 6.87. The molecule has 128 valence electrons. The van der Waals surface area contributed by atoms with E-state index in [9.17, 15) is 14.8 Å². The van der Waals surface area contributed by atoms with Crippen LogP contribution < -0.4 is 5.32 Å². The zero-order valence-electron chi connectivity index (χ0n) is 13.9. The van der Waals surface area contributed by atoms with Gasteiger partial charge in [0.2, 0.25) is 0 Å². The van der Waals surface area contributed by atoms with Gasteiger partial charge in [-0.3, -0.25) is 0 Å². The second kappa shape index (κ2) is 6.01. The summed E-state index contributed by atoms with van der Waals surface area (Å²) < 4.78 is 13.8. The maximum atomic E-state index is 13.8. The molecular weight excluding hydrogens is 319 g/mol. The van der Waals surface area contributed by atoms with Crippen LogP contribution in [0.1, 0.15) is 31.7 Å². The van der Waals surface area contributed by atoms with Gasteiger partial charge in [0.25, 0.3) is 0 Å². The van der Waals surface area contributed by atoms with Crippen LogP contribution in [-0.4, -0.2) is 27.2 Å². The maximum absolute atomic E-state index is 13.8. The monoisotopic (exact) mass is 338 g/mol. The Morgan fingerprint density at radius 3 is 3.00 bits per heavy atom. The van der Waals surface area contributed by atoms with Crippen molar-refractivity contribution in [1.29, 1.82) is 5.26 Å². The Morgan fingerprint density at radius 2 is 2.24 bits per heavy atom. The molecule has 1 fully saturated rings. The van der Waals surface area contributed by atoms with Gasteiger partial charge in [-0.2, -0.15) is 5.26 Å². The minimum atomic E-state index is -0.323. The highest BCUT2D eigenvalue weighted by Crippen LogP contribution is 2.35. The van der Waals surface area contributed by atoms with Crippen LogP contribution in [0.5, 0.6) is 0 Å². The molecule has 4 rings (SSSR count). The van der Waals surface area contributed by atoms with Gasteiger partial charge in [-0.25, -0.2) is 9.37 Å². The molecule has 0 radical (unpaired) electrons. The van der Waals surface area contributed by atoms with Crippen LogP contribution >= 0.6 is 0 Å². The van der Waals surface area contributed by atoms with Crippen molar-refractivity contribution in [3.63, 3.8) is 0 Å². The third-order valence-electron chi connectivity index (χ3n) is 5.17. The normalized spacial score (nSPS) is 23.7. The average Bonchev–Trinajstić information content (AvgIpc) is 2.96. The number of halogens is 1. The number of fused-ring (bicyclic) bond motifs is 3. The number of nitrogens with zero attached hydrogens (tertiary/aromatic N) is 2. The molecule has 25 heavy (non-hydrogen) atoms. The first-order valence-electron chi connectivity index (χ1n) is 8.51. The summed E-state index contributed by atoms with van der Waals surface area (Å²) in [5.41, 5.74) is 1.88. The predicted octanol–water partition coefficient (Wildman–Crippen LogP) is 3.69. The summed E-state index contributed by atoms with van der Waals surface area (Å²) in [5.74, 6) is 0.633. The molecule has 0 aliphatic heterocycles. The Labute approximate surface area is 144 Å². The van der Waals surface area contributed by atoms with Gasteiger partial charge in [0.15, 0.2) is 0 Å². The number of hydrogen-bond donors (Lipinski definition) is 3. The minimum absolute atomic E-state index is 0.186. The van der Waals surface area contributed by atoms with Crippen molar-refractivity contribution in [3.05, 3.63) is 35.8 Å². The molecule has 6 heteroatoms. The van der Waals surface area contributed by atoms with Gasteiger partial charge in [-0.15, -0.1) is 0 Å². The first kappa shape index (κ1) is 15.9. The molecule has 5 nitrogen and oxygen atoms in total. The smallest absolute Gasteiger partial charge is 0.136 e. The van der Waals surface area contributed by atoms with Crippen molar-refractivity contribution < 1.29 is 9.50 Å². The number of aromatic amines is 1. The van der Waals surface area contributed by atoms with E-state index < -0.39 is 0 Å². The second-order valence-corrected chi connectivity index (χ2v) is 6.89. The van der Waals surface area contributed by atoms with Crippen molar-refractivity contribution in [2.24, 2.45) is 5.92 Å². The number of anilines is 1. The maximum Gasteiger partial charge on any atom is 0.136 e. The van der Waals surface area contributed by atoms with Crippen LogP contribution in [0.3, 0.4) is 0 Å². The third-order valence-corrected chi connectivity index (χ3v) is 5.17. The minimum Gasteiger partial charge on any atom is -0.393 e. The van der Waals surface area contributed by atoms with Gasteiger partial charge in [0.1, 0.15) is 17.7 Å². The number of aromatic nitrogens is 2. The van der Waals surface area contributed by atoms with E-state index in [4.69, 9.17) is 0 Å². The van der Waals surface area contributed by atoms with Crippen molar-refractivity contribution in [3.8, 4) is 6.07 Å². The number of aliphatic hydroxyl groups is 1. The molecule has 2 heterocycles. The van der Waals surface area contributed by atoms with E-state index in [1.54, 1.807) is 12.3 Å². The first-order chi connectivity index (χ1) is 12.1. The molecule has 1 saturated carbocycles.